The number of nitrogens with two attached hydrogens (primary N) is 1. The Morgan fingerprint density at radius 1 is 1.35 bits per heavy atom. The molecule has 2 aliphatic rings. The Balaban J connectivity index is 1.98. The molecule has 116 valence electrons. The van der Waals surface area contributed by atoms with Gasteiger partial charge in [-0.1, -0.05) is 0 Å². The van der Waals surface area contributed by atoms with E-state index in [1.54, 1.807) is 4.90 Å². The van der Waals surface area contributed by atoms with E-state index in [1.165, 1.54) is 0 Å². The Labute approximate surface area is 119 Å². The van der Waals surface area contributed by atoms with Gasteiger partial charge in [0.1, 0.15) is 5.60 Å². The summed E-state index contributed by atoms with van der Waals surface area (Å²) in [5.74, 6) is -0.0422. The van der Waals surface area contributed by atoms with Gasteiger partial charge in [-0.15, -0.1) is 0 Å². The van der Waals surface area contributed by atoms with Crippen LogP contribution in [0.3, 0.4) is 0 Å². The van der Waals surface area contributed by atoms with Crippen molar-refractivity contribution in [1.82, 2.24) is 9.62 Å². The number of carbonyl (C=O) groups excluding carboxylic acids is 1. The standard InChI is InChI=1S/C12H23N3O4S/c1-11(2,3)19-10(16)15-6-4-12(5-7-15)9(13)8-20(17,18)14-12/h9,14H,4-8,13H2,1-3H3. The zero-order valence-corrected chi connectivity index (χ0v) is 13.0. The van der Waals surface area contributed by atoms with E-state index < -0.39 is 27.2 Å². The molecule has 2 rings (SSSR count). The van der Waals surface area contributed by atoms with Crippen LogP contribution in [-0.4, -0.2) is 55.4 Å². The van der Waals surface area contributed by atoms with Crippen molar-refractivity contribution in [3.63, 3.8) is 0 Å². The number of hydrogen-bond donors (Lipinski definition) is 2. The number of piperidine rings is 1. The summed E-state index contributed by atoms with van der Waals surface area (Å²) in [7, 11) is -3.28. The first-order chi connectivity index (χ1) is 9.03. The largest absolute Gasteiger partial charge is 0.444 e. The van der Waals surface area contributed by atoms with Gasteiger partial charge >= 0.3 is 6.09 Å². The summed E-state index contributed by atoms with van der Waals surface area (Å²) < 4.78 is 31.2. The minimum Gasteiger partial charge on any atom is -0.444 e. The number of likely N-dealkylation sites (tertiary alicyclic amines) is 1. The maximum Gasteiger partial charge on any atom is 0.410 e. The van der Waals surface area contributed by atoms with Crippen molar-refractivity contribution in [2.45, 2.75) is 50.8 Å². The number of nitrogens with zero attached hydrogens (tertiary/aromatic N) is 1. The summed E-state index contributed by atoms with van der Waals surface area (Å²) in [6.07, 6.45) is 0.681. The minimum atomic E-state index is -3.28. The zero-order chi connectivity index (χ0) is 15.2. The molecule has 1 spiro atoms. The smallest absolute Gasteiger partial charge is 0.410 e. The third-order valence-electron chi connectivity index (χ3n) is 3.77. The molecule has 1 amide bonds. The Hall–Kier alpha value is -0.860. The molecular weight excluding hydrogens is 282 g/mol. The lowest BCUT2D eigenvalue weighted by atomic mass is 9.83. The van der Waals surface area contributed by atoms with Crippen molar-refractivity contribution in [2.75, 3.05) is 18.8 Å². The van der Waals surface area contributed by atoms with Gasteiger partial charge in [-0.05, 0) is 33.6 Å². The van der Waals surface area contributed by atoms with Crippen LogP contribution in [0.15, 0.2) is 0 Å². The number of amides is 1. The molecule has 2 aliphatic heterocycles. The van der Waals surface area contributed by atoms with Gasteiger partial charge in [-0.25, -0.2) is 17.9 Å². The molecule has 3 N–H and O–H groups in total. The van der Waals surface area contributed by atoms with Gasteiger partial charge < -0.3 is 15.4 Å². The van der Waals surface area contributed by atoms with Crippen molar-refractivity contribution in [3.8, 4) is 0 Å². The summed E-state index contributed by atoms with van der Waals surface area (Å²) >= 11 is 0. The summed E-state index contributed by atoms with van der Waals surface area (Å²) in [6.45, 7) is 6.35. The molecule has 0 aromatic rings. The van der Waals surface area contributed by atoms with Crippen LogP contribution < -0.4 is 10.5 Å². The van der Waals surface area contributed by atoms with E-state index in [0.717, 1.165) is 0 Å². The summed E-state index contributed by atoms with van der Waals surface area (Å²) in [6, 6.07) is -0.423. The van der Waals surface area contributed by atoms with Crippen LogP contribution in [0.25, 0.3) is 0 Å². The second kappa shape index (κ2) is 4.85. The van der Waals surface area contributed by atoms with Gasteiger partial charge in [-0.3, -0.25) is 0 Å². The molecule has 0 bridgehead atoms. The molecule has 0 aromatic heterocycles. The number of sulfonamides is 1. The average molecular weight is 305 g/mol. The Morgan fingerprint density at radius 3 is 2.30 bits per heavy atom. The van der Waals surface area contributed by atoms with E-state index in [-0.39, 0.29) is 11.8 Å². The fourth-order valence-electron chi connectivity index (χ4n) is 2.71. The molecule has 1 unspecified atom stereocenters. The maximum absolute atomic E-state index is 12.0. The van der Waals surface area contributed by atoms with Crippen LogP contribution in [-0.2, 0) is 14.8 Å². The van der Waals surface area contributed by atoms with Gasteiger partial charge in [0.25, 0.3) is 0 Å². The lowest BCUT2D eigenvalue weighted by Crippen LogP contribution is -2.59. The zero-order valence-electron chi connectivity index (χ0n) is 12.2. The third-order valence-corrected chi connectivity index (χ3v) is 5.29. The van der Waals surface area contributed by atoms with Crippen LogP contribution in [0.4, 0.5) is 4.79 Å². The topological polar surface area (TPSA) is 102 Å². The number of hydrogen-bond acceptors (Lipinski definition) is 5. The SMILES string of the molecule is CC(C)(C)OC(=O)N1CCC2(CC1)NS(=O)(=O)CC2N. The van der Waals surface area contributed by atoms with Gasteiger partial charge in [-0.2, -0.15) is 0 Å². The Morgan fingerprint density at radius 2 is 1.90 bits per heavy atom. The Bertz CT molecular complexity index is 489. The van der Waals surface area contributed by atoms with Gasteiger partial charge in [0.05, 0.1) is 11.3 Å². The van der Waals surface area contributed by atoms with Crippen LogP contribution >= 0.6 is 0 Å². The van der Waals surface area contributed by atoms with E-state index >= 15 is 0 Å². The lowest BCUT2D eigenvalue weighted by Gasteiger charge is -2.41. The maximum atomic E-state index is 12.0. The summed E-state index contributed by atoms with van der Waals surface area (Å²) in [4.78, 5) is 13.6. The van der Waals surface area contributed by atoms with Crippen LogP contribution in [0.5, 0.6) is 0 Å². The Kier molecular flexibility index (Phi) is 3.77. The monoisotopic (exact) mass is 305 g/mol. The highest BCUT2D eigenvalue weighted by atomic mass is 32.2. The highest BCUT2D eigenvalue weighted by Crippen LogP contribution is 2.31. The molecule has 2 heterocycles. The third kappa shape index (κ3) is 3.24. The molecule has 2 fully saturated rings. The van der Waals surface area contributed by atoms with Crippen molar-refractivity contribution in [3.05, 3.63) is 0 Å². The molecule has 0 aromatic carbocycles. The highest BCUT2D eigenvalue weighted by Gasteiger charge is 2.50. The lowest BCUT2D eigenvalue weighted by molar-refractivity contribution is 0.0155. The van der Waals surface area contributed by atoms with Crippen molar-refractivity contribution in [1.29, 1.82) is 0 Å². The number of rotatable bonds is 0. The molecule has 0 saturated carbocycles. The first-order valence-electron chi connectivity index (χ1n) is 6.78. The van der Waals surface area contributed by atoms with Crippen LogP contribution in [0, 0.1) is 0 Å². The van der Waals surface area contributed by atoms with E-state index in [9.17, 15) is 13.2 Å². The van der Waals surface area contributed by atoms with Crippen molar-refractivity contribution in [2.24, 2.45) is 5.73 Å². The van der Waals surface area contributed by atoms with Crippen molar-refractivity contribution < 1.29 is 17.9 Å². The van der Waals surface area contributed by atoms with E-state index in [0.29, 0.717) is 25.9 Å². The first-order valence-corrected chi connectivity index (χ1v) is 8.43. The second-order valence-electron chi connectivity index (χ2n) is 6.61. The van der Waals surface area contributed by atoms with Gasteiger partial charge in [0, 0.05) is 19.1 Å². The molecular formula is C12H23N3O4S. The first kappa shape index (κ1) is 15.5. The van der Waals surface area contributed by atoms with Crippen LogP contribution in [0.2, 0.25) is 0 Å². The number of ether oxygens (including phenoxy) is 1. The molecule has 2 saturated heterocycles. The minimum absolute atomic E-state index is 0.0422. The average Bonchev–Trinajstić information content (AvgIpc) is 2.47. The normalized spacial score (nSPS) is 28.6. The van der Waals surface area contributed by atoms with Gasteiger partial charge in [0.2, 0.25) is 10.0 Å². The summed E-state index contributed by atoms with van der Waals surface area (Å²) in [5.41, 5.74) is 4.84. The predicted octanol–water partition coefficient (Wildman–Crippen LogP) is 0.0164. The fraction of sp³-hybridized carbons (Fsp3) is 0.917. The predicted molar refractivity (Wildman–Crippen MR) is 74.7 cm³/mol. The van der Waals surface area contributed by atoms with Gasteiger partial charge in [0.15, 0.2) is 0 Å². The van der Waals surface area contributed by atoms with E-state index in [4.69, 9.17) is 10.5 Å². The molecule has 1 atom stereocenters. The second-order valence-corrected chi connectivity index (χ2v) is 8.38. The number of nitrogens with one attached hydrogen (secondary N) is 1. The highest BCUT2D eigenvalue weighted by molar-refractivity contribution is 7.89. The number of carbonyl (C=O) groups is 1. The van der Waals surface area contributed by atoms with Crippen LogP contribution in [0.1, 0.15) is 33.6 Å². The molecule has 0 radical (unpaired) electrons. The quantitative estimate of drug-likeness (QED) is 0.657. The van der Waals surface area contributed by atoms with E-state index in [2.05, 4.69) is 4.72 Å². The fourth-order valence-corrected chi connectivity index (χ4v) is 4.56. The molecule has 8 heteroatoms. The van der Waals surface area contributed by atoms with E-state index in [1.807, 2.05) is 20.8 Å². The molecule has 20 heavy (non-hydrogen) atoms. The molecule has 0 aliphatic carbocycles. The van der Waals surface area contributed by atoms with Crippen molar-refractivity contribution >= 4 is 16.1 Å². The summed E-state index contributed by atoms with van der Waals surface area (Å²) in [5, 5.41) is 0. The molecule has 7 nitrogen and oxygen atoms in total.